The molecule has 158 valence electrons. The van der Waals surface area contributed by atoms with E-state index in [9.17, 15) is 4.79 Å². The van der Waals surface area contributed by atoms with Crippen LogP contribution in [0.25, 0.3) is 11.4 Å². The van der Waals surface area contributed by atoms with Crippen LogP contribution in [0.2, 0.25) is 5.02 Å². The largest absolute Gasteiger partial charge is 0.497 e. The number of benzene rings is 2. The molecule has 0 aliphatic rings. The van der Waals surface area contributed by atoms with E-state index in [1.807, 2.05) is 31.2 Å². The van der Waals surface area contributed by atoms with E-state index in [-0.39, 0.29) is 17.7 Å². The Balaban J connectivity index is 1.63. The molecule has 30 heavy (non-hydrogen) atoms. The predicted molar refractivity (Wildman–Crippen MR) is 116 cm³/mol. The van der Waals surface area contributed by atoms with Crippen molar-refractivity contribution >= 4 is 29.3 Å². The molecule has 3 rings (SSSR count). The number of aromatic nitrogens is 2. The molecule has 2 aromatic carbocycles. The summed E-state index contributed by atoms with van der Waals surface area (Å²) in [4.78, 5) is 17.9. The third-order valence-electron chi connectivity index (χ3n) is 4.29. The summed E-state index contributed by atoms with van der Waals surface area (Å²) in [6, 6.07) is 12.7. The number of ether oxygens (including phenoxy) is 2. The zero-order chi connectivity index (χ0) is 21.5. The van der Waals surface area contributed by atoms with Gasteiger partial charge in [0.25, 0.3) is 0 Å². The number of hydrogen-bond acceptors (Lipinski definition) is 7. The molecule has 0 aliphatic carbocycles. The zero-order valence-electron chi connectivity index (χ0n) is 16.8. The van der Waals surface area contributed by atoms with Gasteiger partial charge >= 0.3 is 0 Å². The van der Waals surface area contributed by atoms with Crippen LogP contribution in [0, 0.1) is 0 Å². The fraction of sp³-hybridized carbons (Fsp3) is 0.286. The summed E-state index contributed by atoms with van der Waals surface area (Å²) < 4.78 is 15.9. The van der Waals surface area contributed by atoms with E-state index < -0.39 is 0 Å². The SMILES string of the molecule is CCC(Sc1ccc(Cl)cc1)C(=O)NCc1nc(-c2ccc(OC)cc2OC)no1. The topological polar surface area (TPSA) is 86.5 Å². The van der Waals surface area contributed by atoms with Gasteiger partial charge in [-0.2, -0.15) is 4.98 Å². The fourth-order valence-electron chi connectivity index (χ4n) is 2.70. The van der Waals surface area contributed by atoms with Crippen LogP contribution >= 0.6 is 23.4 Å². The Bertz CT molecular complexity index is 994. The van der Waals surface area contributed by atoms with Crippen molar-refractivity contribution in [2.24, 2.45) is 0 Å². The van der Waals surface area contributed by atoms with Gasteiger partial charge in [0.05, 0.1) is 31.6 Å². The number of carbonyl (C=O) groups excluding carboxylic acids is 1. The number of carbonyl (C=O) groups is 1. The average Bonchev–Trinajstić information content (AvgIpc) is 3.25. The normalized spacial score (nSPS) is 11.7. The molecule has 0 radical (unpaired) electrons. The summed E-state index contributed by atoms with van der Waals surface area (Å²) in [5, 5.41) is 7.28. The smallest absolute Gasteiger partial charge is 0.246 e. The number of amides is 1. The summed E-state index contributed by atoms with van der Waals surface area (Å²) >= 11 is 7.40. The van der Waals surface area contributed by atoms with E-state index in [2.05, 4.69) is 15.5 Å². The van der Waals surface area contributed by atoms with Gasteiger partial charge in [0.15, 0.2) is 0 Å². The Morgan fingerprint density at radius 3 is 2.63 bits per heavy atom. The molecule has 1 N–H and O–H groups in total. The van der Waals surface area contributed by atoms with Crippen LogP contribution in [0.1, 0.15) is 19.2 Å². The van der Waals surface area contributed by atoms with Crippen molar-refractivity contribution in [3.63, 3.8) is 0 Å². The fourth-order valence-corrected chi connectivity index (χ4v) is 3.80. The second-order valence-corrected chi connectivity index (χ2v) is 7.98. The van der Waals surface area contributed by atoms with Crippen molar-refractivity contribution in [1.82, 2.24) is 15.5 Å². The average molecular weight is 448 g/mol. The van der Waals surface area contributed by atoms with Crippen LogP contribution < -0.4 is 14.8 Å². The molecule has 0 fully saturated rings. The first kappa shape index (κ1) is 22.0. The summed E-state index contributed by atoms with van der Waals surface area (Å²) in [6.07, 6.45) is 0.678. The van der Waals surface area contributed by atoms with Gasteiger partial charge in [0, 0.05) is 16.0 Å². The summed E-state index contributed by atoms with van der Waals surface area (Å²) in [5.74, 6) is 1.81. The monoisotopic (exact) mass is 447 g/mol. The van der Waals surface area contributed by atoms with Crippen molar-refractivity contribution in [3.05, 3.63) is 53.4 Å². The van der Waals surface area contributed by atoms with Gasteiger partial charge in [0.1, 0.15) is 11.5 Å². The highest BCUT2D eigenvalue weighted by Gasteiger charge is 2.19. The lowest BCUT2D eigenvalue weighted by Crippen LogP contribution is -2.31. The predicted octanol–water partition coefficient (Wildman–Crippen LogP) is 4.59. The Morgan fingerprint density at radius 2 is 1.97 bits per heavy atom. The highest BCUT2D eigenvalue weighted by molar-refractivity contribution is 8.00. The number of hydrogen-bond donors (Lipinski definition) is 1. The first-order chi connectivity index (χ1) is 14.5. The minimum absolute atomic E-state index is 0.0979. The Hall–Kier alpha value is -2.71. The second-order valence-electron chi connectivity index (χ2n) is 6.26. The van der Waals surface area contributed by atoms with E-state index in [1.54, 1.807) is 32.4 Å². The van der Waals surface area contributed by atoms with Crippen molar-refractivity contribution in [2.45, 2.75) is 30.0 Å². The van der Waals surface area contributed by atoms with Crippen LogP contribution in [0.5, 0.6) is 11.5 Å². The summed E-state index contributed by atoms with van der Waals surface area (Å²) in [5.41, 5.74) is 0.671. The molecular weight excluding hydrogens is 426 g/mol. The van der Waals surface area contributed by atoms with E-state index >= 15 is 0 Å². The molecule has 1 aromatic heterocycles. The third-order valence-corrected chi connectivity index (χ3v) is 5.91. The van der Waals surface area contributed by atoms with Crippen LogP contribution in [-0.4, -0.2) is 35.5 Å². The first-order valence-electron chi connectivity index (χ1n) is 9.29. The van der Waals surface area contributed by atoms with E-state index in [0.29, 0.717) is 40.2 Å². The van der Waals surface area contributed by atoms with Gasteiger partial charge in [-0.3, -0.25) is 4.79 Å². The molecule has 0 spiro atoms. The number of nitrogens with one attached hydrogen (secondary N) is 1. The number of nitrogens with zero attached hydrogens (tertiary/aromatic N) is 2. The maximum atomic E-state index is 12.6. The van der Waals surface area contributed by atoms with Gasteiger partial charge in [-0.1, -0.05) is 23.7 Å². The molecule has 0 saturated heterocycles. The van der Waals surface area contributed by atoms with Crippen molar-refractivity contribution in [3.8, 4) is 22.9 Å². The number of thioether (sulfide) groups is 1. The van der Waals surface area contributed by atoms with Crippen LogP contribution in [0.3, 0.4) is 0 Å². The molecule has 1 atom stereocenters. The molecule has 1 heterocycles. The zero-order valence-corrected chi connectivity index (χ0v) is 18.4. The molecule has 3 aromatic rings. The van der Waals surface area contributed by atoms with Crippen LogP contribution in [0.15, 0.2) is 51.9 Å². The number of rotatable bonds is 9. The molecule has 1 amide bonds. The maximum Gasteiger partial charge on any atom is 0.246 e. The second kappa shape index (κ2) is 10.4. The molecule has 1 unspecified atom stereocenters. The molecule has 0 aliphatic heterocycles. The molecular formula is C21H22ClN3O4S. The minimum Gasteiger partial charge on any atom is -0.497 e. The van der Waals surface area contributed by atoms with E-state index in [0.717, 1.165) is 4.90 Å². The minimum atomic E-state index is -0.241. The lowest BCUT2D eigenvalue weighted by atomic mass is 10.2. The van der Waals surface area contributed by atoms with Crippen LogP contribution in [0.4, 0.5) is 0 Å². The van der Waals surface area contributed by atoms with E-state index in [4.69, 9.17) is 25.6 Å². The lowest BCUT2D eigenvalue weighted by molar-refractivity contribution is -0.120. The Kier molecular flexibility index (Phi) is 7.59. The Morgan fingerprint density at radius 1 is 1.20 bits per heavy atom. The Labute approximate surface area is 184 Å². The highest BCUT2D eigenvalue weighted by atomic mass is 35.5. The highest BCUT2D eigenvalue weighted by Crippen LogP contribution is 2.31. The van der Waals surface area contributed by atoms with Crippen molar-refractivity contribution in [2.75, 3.05) is 14.2 Å². The van der Waals surface area contributed by atoms with Gasteiger partial charge < -0.3 is 19.3 Å². The van der Waals surface area contributed by atoms with Gasteiger partial charge in [0.2, 0.25) is 17.6 Å². The molecule has 7 nitrogen and oxygen atoms in total. The summed E-state index contributed by atoms with van der Waals surface area (Å²) in [6.45, 7) is 2.11. The van der Waals surface area contributed by atoms with E-state index in [1.165, 1.54) is 11.8 Å². The van der Waals surface area contributed by atoms with Crippen molar-refractivity contribution in [1.29, 1.82) is 0 Å². The standard InChI is InChI=1S/C21H22ClN3O4S/c1-4-18(30-15-8-5-13(22)6-9-15)21(26)23-12-19-24-20(25-29-19)16-10-7-14(27-2)11-17(16)28-3/h5-11,18H,4,12H2,1-3H3,(H,23,26). The molecule has 0 bridgehead atoms. The summed E-state index contributed by atoms with van der Waals surface area (Å²) in [7, 11) is 3.14. The third kappa shape index (κ3) is 5.46. The van der Waals surface area contributed by atoms with Gasteiger partial charge in [-0.05, 0) is 42.8 Å². The molecule has 0 saturated carbocycles. The molecule has 9 heteroatoms. The number of halogens is 1. The van der Waals surface area contributed by atoms with Gasteiger partial charge in [-0.15, -0.1) is 11.8 Å². The number of methoxy groups -OCH3 is 2. The van der Waals surface area contributed by atoms with Crippen LogP contribution in [-0.2, 0) is 11.3 Å². The lowest BCUT2D eigenvalue weighted by Gasteiger charge is -2.13. The maximum absolute atomic E-state index is 12.6. The quantitative estimate of drug-likeness (QED) is 0.480. The van der Waals surface area contributed by atoms with Crippen molar-refractivity contribution < 1.29 is 18.8 Å². The first-order valence-corrected chi connectivity index (χ1v) is 10.5. The van der Waals surface area contributed by atoms with Gasteiger partial charge in [-0.25, -0.2) is 0 Å².